The number of benzene rings is 1. The van der Waals surface area contributed by atoms with E-state index in [0.717, 1.165) is 64.1 Å². The van der Waals surface area contributed by atoms with Gasteiger partial charge in [0, 0.05) is 64.2 Å². The van der Waals surface area contributed by atoms with Crippen molar-refractivity contribution in [3.63, 3.8) is 0 Å². The summed E-state index contributed by atoms with van der Waals surface area (Å²) in [5.41, 5.74) is 1.87. The second-order valence-electron chi connectivity index (χ2n) is 7.14. The van der Waals surface area contributed by atoms with Crippen molar-refractivity contribution in [2.45, 2.75) is 0 Å². The van der Waals surface area contributed by atoms with E-state index in [1.807, 2.05) is 36.5 Å². The number of hydrogen-bond donors (Lipinski definition) is 0. The maximum atomic E-state index is 8.94. The van der Waals surface area contributed by atoms with Gasteiger partial charge in [0.25, 0.3) is 0 Å². The normalized spacial score (nSPS) is 18.4. The lowest BCUT2D eigenvalue weighted by molar-refractivity contribution is 0.312. The number of aromatic nitrogens is 2. The summed E-state index contributed by atoms with van der Waals surface area (Å²) in [4.78, 5) is 18.7. The third-order valence-corrected chi connectivity index (χ3v) is 5.38. The Labute approximate surface area is 160 Å². The van der Waals surface area contributed by atoms with Gasteiger partial charge >= 0.3 is 0 Å². The Hall–Kier alpha value is -2.85. The van der Waals surface area contributed by atoms with Gasteiger partial charge in [0.1, 0.15) is 5.82 Å². The van der Waals surface area contributed by atoms with Crippen molar-refractivity contribution >= 4 is 17.5 Å². The van der Waals surface area contributed by atoms with E-state index in [0.29, 0.717) is 5.56 Å². The minimum Gasteiger partial charge on any atom is -0.368 e. The highest BCUT2D eigenvalue weighted by Crippen LogP contribution is 2.21. The molecule has 4 rings (SSSR count). The zero-order chi connectivity index (χ0) is 18.6. The molecule has 27 heavy (non-hydrogen) atoms. The molecule has 0 unspecified atom stereocenters. The Kier molecular flexibility index (Phi) is 5.07. The van der Waals surface area contributed by atoms with Gasteiger partial charge in [0.15, 0.2) is 0 Å². The molecule has 2 aromatic rings. The molecule has 2 aliphatic heterocycles. The third kappa shape index (κ3) is 3.96. The highest BCUT2D eigenvalue weighted by atomic mass is 15.3. The fourth-order valence-corrected chi connectivity index (χ4v) is 3.61. The molecule has 2 aliphatic rings. The first-order valence-corrected chi connectivity index (χ1v) is 9.49. The van der Waals surface area contributed by atoms with E-state index in [2.05, 4.69) is 37.7 Å². The van der Waals surface area contributed by atoms with Crippen molar-refractivity contribution in [1.82, 2.24) is 14.9 Å². The predicted octanol–water partition coefficient (Wildman–Crippen LogP) is 1.43. The molecule has 0 bridgehead atoms. The summed E-state index contributed by atoms with van der Waals surface area (Å²) in [6, 6.07) is 12.0. The Balaban J connectivity index is 1.39. The van der Waals surface area contributed by atoms with E-state index in [1.165, 1.54) is 5.69 Å². The first-order valence-electron chi connectivity index (χ1n) is 9.49. The quantitative estimate of drug-likeness (QED) is 0.817. The number of nitrogens with zero attached hydrogens (tertiary/aromatic N) is 7. The van der Waals surface area contributed by atoms with Crippen LogP contribution in [0.25, 0.3) is 0 Å². The second kappa shape index (κ2) is 7.80. The van der Waals surface area contributed by atoms with E-state index in [4.69, 9.17) is 10.2 Å². The van der Waals surface area contributed by atoms with Crippen LogP contribution in [0.1, 0.15) is 5.56 Å². The number of anilines is 3. The summed E-state index contributed by atoms with van der Waals surface area (Å²) in [6.07, 6.45) is 1.88. The maximum Gasteiger partial charge on any atom is 0.227 e. The Morgan fingerprint density at radius 2 is 1.44 bits per heavy atom. The van der Waals surface area contributed by atoms with Crippen LogP contribution < -0.4 is 14.7 Å². The lowest BCUT2D eigenvalue weighted by Gasteiger charge is -2.37. The first kappa shape index (κ1) is 17.6. The zero-order valence-electron chi connectivity index (χ0n) is 15.8. The molecule has 2 saturated heterocycles. The van der Waals surface area contributed by atoms with Gasteiger partial charge < -0.3 is 19.6 Å². The average molecular weight is 363 g/mol. The van der Waals surface area contributed by atoms with Crippen LogP contribution in [-0.4, -0.2) is 74.3 Å². The lowest BCUT2D eigenvalue weighted by atomic mass is 10.2. The molecular formula is C20H25N7. The molecule has 2 fully saturated rings. The molecular weight excluding hydrogens is 338 g/mol. The molecule has 0 saturated carbocycles. The van der Waals surface area contributed by atoms with Crippen LogP contribution in [0.4, 0.5) is 17.5 Å². The van der Waals surface area contributed by atoms with E-state index < -0.39 is 0 Å². The smallest absolute Gasteiger partial charge is 0.227 e. The number of piperazine rings is 2. The molecule has 0 atom stereocenters. The van der Waals surface area contributed by atoms with Crippen molar-refractivity contribution in [2.24, 2.45) is 0 Å². The maximum absolute atomic E-state index is 8.94. The molecule has 140 valence electrons. The number of hydrogen-bond acceptors (Lipinski definition) is 7. The monoisotopic (exact) mass is 363 g/mol. The van der Waals surface area contributed by atoms with Gasteiger partial charge in [0.2, 0.25) is 5.95 Å². The van der Waals surface area contributed by atoms with Gasteiger partial charge in [-0.15, -0.1) is 0 Å². The van der Waals surface area contributed by atoms with Crippen LogP contribution in [0, 0.1) is 11.3 Å². The van der Waals surface area contributed by atoms with Crippen molar-refractivity contribution < 1.29 is 0 Å². The number of nitriles is 1. The van der Waals surface area contributed by atoms with Crippen LogP contribution >= 0.6 is 0 Å². The lowest BCUT2D eigenvalue weighted by Crippen LogP contribution is -2.47. The molecule has 1 aromatic heterocycles. The van der Waals surface area contributed by atoms with Crippen LogP contribution in [0.3, 0.4) is 0 Å². The molecule has 0 aliphatic carbocycles. The molecule has 7 heteroatoms. The largest absolute Gasteiger partial charge is 0.368 e. The first-order chi connectivity index (χ1) is 13.2. The fourth-order valence-electron chi connectivity index (χ4n) is 3.61. The summed E-state index contributed by atoms with van der Waals surface area (Å²) in [6.45, 7) is 7.81. The minimum absolute atomic E-state index is 0.700. The third-order valence-electron chi connectivity index (χ3n) is 5.38. The van der Waals surface area contributed by atoms with Gasteiger partial charge in [-0.2, -0.15) is 10.2 Å². The van der Waals surface area contributed by atoms with Gasteiger partial charge in [-0.1, -0.05) is 0 Å². The topological polar surface area (TPSA) is 62.5 Å². The van der Waals surface area contributed by atoms with E-state index in [1.54, 1.807) is 0 Å². The van der Waals surface area contributed by atoms with Gasteiger partial charge in [0.05, 0.1) is 11.6 Å². The van der Waals surface area contributed by atoms with Crippen molar-refractivity contribution in [3.05, 3.63) is 42.1 Å². The number of likely N-dealkylation sites (N-methyl/N-ethyl adjacent to an activating group) is 1. The van der Waals surface area contributed by atoms with E-state index >= 15 is 0 Å². The summed E-state index contributed by atoms with van der Waals surface area (Å²) in [5.74, 6) is 1.86. The summed E-state index contributed by atoms with van der Waals surface area (Å²) in [7, 11) is 2.16. The molecule has 1 aromatic carbocycles. The Morgan fingerprint density at radius 3 is 2.11 bits per heavy atom. The second-order valence-corrected chi connectivity index (χ2v) is 7.14. The highest BCUT2D eigenvalue weighted by Gasteiger charge is 2.21. The molecule has 0 spiro atoms. The van der Waals surface area contributed by atoms with Crippen LogP contribution in [0.15, 0.2) is 36.5 Å². The standard InChI is InChI=1S/C20H25N7/c1-24-8-10-26(11-9-24)19-6-7-22-20(23-19)27-14-12-25(13-15-27)18-4-2-17(16-21)3-5-18/h2-7H,8-15H2,1H3. The number of rotatable bonds is 3. The van der Waals surface area contributed by atoms with E-state index in [9.17, 15) is 0 Å². The van der Waals surface area contributed by atoms with Crippen molar-refractivity contribution in [3.8, 4) is 6.07 Å². The Morgan fingerprint density at radius 1 is 0.815 bits per heavy atom. The summed E-state index contributed by atoms with van der Waals surface area (Å²) in [5, 5.41) is 8.94. The SMILES string of the molecule is CN1CCN(c2ccnc(N3CCN(c4ccc(C#N)cc4)CC3)n2)CC1. The Bertz CT molecular complexity index is 798. The van der Waals surface area contributed by atoms with Crippen molar-refractivity contribution in [2.75, 3.05) is 74.1 Å². The minimum atomic E-state index is 0.700. The fraction of sp³-hybridized carbons (Fsp3) is 0.450. The van der Waals surface area contributed by atoms with E-state index in [-0.39, 0.29) is 0 Å². The average Bonchev–Trinajstić information content (AvgIpc) is 2.75. The van der Waals surface area contributed by atoms with Gasteiger partial charge in [-0.05, 0) is 37.4 Å². The molecule has 3 heterocycles. The highest BCUT2D eigenvalue weighted by molar-refractivity contribution is 5.52. The predicted molar refractivity (Wildman–Crippen MR) is 107 cm³/mol. The molecule has 0 radical (unpaired) electrons. The summed E-state index contributed by atoms with van der Waals surface area (Å²) < 4.78 is 0. The molecule has 0 N–H and O–H groups in total. The van der Waals surface area contributed by atoms with Crippen LogP contribution in [-0.2, 0) is 0 Å². The molecule has 0 amide bonds. The summed E-state index contributed by atoms with van der Waals surface area (Å²) >= 11 is 0. The van der Waals surface area contributed by atoms with Crippen molar-refractivity contribution in [1.29, 1.82) is 5.26 Å². The van der Waals surface area contributed by atoms with Crippen LogP contribution in [0.2, 0.25) is 0 Å². The van der Waals surface area contributed by atoms with Gasteiger partial charge in [-0.25, -0.2) is 4.98 Å². The van der Waals surface area contributed by atoms with Gasteiger partial charge in [-0.3, -0.25) is 0 Å². The molecule has 7 nitrogen and oxygen atoms in total. The van der Waals surface area contributed by atoms with Crippen LogP contribution in [0.5, 0.6) is 0 Å². The zero-order valence-corrected chi connectivity index (χ0v) is 15.8.